The van der Waals surface area contributed by atoms with Gasteiger partial charge in [-0.1, -0.05) is 27.2 Å². The van der Waals surface area contributed by atoms with Crippen molar-refractivity contribution in [1.82, 2.24) is 29.1 Å². The molecule has 0 spiro atoms. The molecule has 1 aliphatic heterocycles. The predicted octanol–water partition coefficient (Wildman–Crippen LogP) is 3.70. The highest BCUT2D eigenvalue weighted by Gasteiger charge is 2.47. The van der Waals surface area contributed by atoms with E-state index in [1.165, 1.54) is 49.8 Å². The molecule has 2 unspecified atom stereocenters. The van der Waals surface area contributed by atoms with E-state index in [4.69, 9.17) is 4.98 Å². The zero-order valence-electron chi connectivity index (χ0n) is 21.3. The lowest BCUT2D eigenvalue weighted by Crippen LogP contribution is -2.55. The van der Waals surface area contributed by atoms with Gasteiger partial charge in [0.15, 0.2) is 5.65 Å². The van der Waals surface area contributed by atoms with Gasteiger partial charge < -0.3 is 4.98 Å². The summed E-state index contributed by atoms with van der Waals surface area (Å²) in [5.74, 6) is 2.61. The molecule has 0 amide bonds. The Hall–Kier alpha value is -1.93. The number of H-pyrrole nitrogens is 1. The standard InChI is InChI=1S/C26H42N6O2/c1-4-12-30-24-21(25(33)31(13-5-2)26(30)34)27-23(28-24)20-16-18-10-11-19(17-20)22(18)32(6-3)29-14-8-7-9-15-29/h18-20,22H,4-17H2,1-3H3,(H,27,28). The number of hydrogen-bond acceptors (Lipinski definition) is 5. The van der Waals surface area contributed by atoms with Crippen molar-refractivity contribution >= 4 is 11.2 Å². The van der Waals surface area contributed by atoms with Gasteiger partial charge in [0.25, 0.3) is 5.56 Å². The summed E-state index contributed by atoms with van der Waals surface area (Å²) in [5.41, 5.74) is 0.627. The Bertz CT molecular complexity index is 1100. The molecule has 3 heterocycles. The highest BCUT2D eigenvalue weighted by molar-refractivity contribution is 5.70. The molecule has 0 radical (unpaired) electrons. The Balaban J connectivity index is 1.44. The first kappa shape index (κ1) is 23.8. The number of hydrazine groups is 1. The normalized spacial score (nSPS) is 27.8. The van der Waals surface area contributed by atoms with E-state index in [1.807, 2.05) is 6.92 Å². The quantitative estimate of drug-likeness (QED) is 0.636. The van der Waals surface area contributed by atoms with E-state index in [0.717, 1.165) is 38.1 Å². The average Bonchev–Trinajstić information content (AvgIpc) is 3.40. The molecule has 2 aromatic heterocycles. The van der Waals surface area contributed by atoms with Gasteiger partial charge in [-0.05, 0) is 63.2 Å². The minimum atomic E-state index is -0.219. The third kappa shape index (κ3) is 4.06. The molecule has 34 heavy (non-hydrogen) atoms. The maximum absolute atomic E-state index is 13.2. The largest absolute Gasteiger partial charge is 0.336 e. The summed E-state index contributed by atoms with van der Waals surface area (Å²) in [6.07, 6.45) is 10.4. The van der Waals surface area contributed by atoms with E-state index in [2.05, 4.69) is 28.8 Å². The molecule has 2 aliphatic carbocycles. The molecule has 5 rings (SSSR count). The Morgan fingerprint density at radius 3 is 2.21 bits per heavy atom. The molecule has 2 aromatic rings. The van der Waals surface area contributed by atoms with Crippen molar-refractivity contribution in [1.29, 1.82) is 0 Å². The SMILES string of the molecule is CCCn1c(=O)c2[nH]c(C3CC4CCC(C3)C4N(CC)N3CCCCC3)nc2n(CCC)c1=O. The van der Waals surface area contributed by atoms with Gasteiger partial charge in [-0.3, -0.25) is 13.9 Å². The van der Waals surface area contributed by atoms with Crippen molar-refractivity contribution in [2.75, 3.05) is 19.6 Å². The predicted molar refractivity (Wildman–Crippen MR) is 135 cm³/mol. The zero-order chi connectivity index (χ0) is 23.8. The van der Waals surface area contributed by atoms with Gasteiger partial charge in [0.2, 0.25) is 0 Å². The van der Waals surface area contributed by atoms with Gasteiger partial charge in [0, 0.05) is 44.7 Å². The van der Waals surface area contributed by atoms with Gasteiger partial charge in [0.1, 0.15) is 11.3 Å². The molecular formula is C26H42N6O2. The lowest BCUT2D eigenvalue weighted by atomic mass is 9.76. The van der Waals surface area contributed by atoms with Crippen LogP contribution in [0.25, 0.3) is 11.2 Å². The molecule has 8 heteroatoms. The van der Waals surface area contributed by atoms with E-state index in [9.17, 15) is 9.59 Å². The summed E-state index contributed by atoms with van der Waals surface area (Å²) in [5, 5.41) is 5.35. The lowest BCUT2D eigenvalue weighted by Gasteiger charge is -2.47. The van der Waals surface area contributed by atoms with Crippen molar-refractivity contribution in [3.63, 3.8) is 0 Å². The Morgan fingerprint density at radius 2 is 1.59 bits per heavy atom. The van der Waals surface area contributed by atoms with Gasteiger partial charge in [-0.25, -0.2) is 19.8 Å². The van der Waals surface area contributed by atoms with E-state index in [1.54, 1.807) is 4.57 Å². The molecular weight excluding hydrogens is 428 g/mol. The molecule has 2 atom stereocenters. The molecule has 188 valence electrons. The van der Waals surface area contributed by atoms with Crippen molar-refractivity contribution in [2.24, 2.45) is 11.8 Å². The summed E-state index contributed by atoms with van der Waals surface area (Å²) in [6.45, 7) is 10.9. The summed E-state index contributed by atoms with van der Waals surface area (Å²) < 4.78 is 3.10. The summed E-state index contributed by atoms with van der Waals surface area (Å²) in [6, 6.07) is 0.642. The number of aryl methyl sites for hydroxylation is 1. The van der Waals surface area contributed by atoms with Gasteiger partial charge in [-0.15, -0.1) is 0 Å². The van der Waals surface area contributed by atoms with Gasteiger partial charge in [-0.2, -0.15) is 0 Å². The maximum atomic E-state index is 13.2. The van der Waals surface area contributed by atoms with E-state index < -0.39 is 0 Å². The fraction of sp³-hybridized carbons (Fsp3) is 0.808. The average molecular weight is 471 g/mol. The van der Waals surface area contributed by atoms with Crippen LogP contribution in [0.15, 0.2) is 9.59 Å². The summed E-state index contributed by atoms with van der Waals surface area (Å²) in [4.78, 5) is 34.5. The molecule has 2 saturated carbocycles. The fourth-order valence-electron chi connectivity index (χ4n) is 7.16. The Kier molecular flexibility index (Phi) is 6.98. The third-order valence-electron chi connectivity index (χ3n) is 8.57. The number of hydrogen-bond donors (Lipinski definition) is 1. The lowest BCUT2D eigenvalue weighted by molar-refractivity contribution is -0.101. The highest BCUT2D eigenvalue weighted by atomic mass is 16.2. The number of piperidine rings is 1. The molecule has 1 saturated heterocycles. The van der Waals surface area contributed by atoms with Crippen molar-refractivity contribution in [2.45, 2.75) is 104 Å². The maximum Gasteiger partial charge on any atom is 0.332 e. The van der Waals surface area contributed by atoms with Crippen LogP contribution in [0.5, 0.6) is 0 Å². The number of nitrogens with one attached hydrogen (secondary N) is 1. The Morgan fingerprint density at radius 1 is 0.941 bits per heavy atom. The first-order chi connectivity index (χ1) is 16.6. The van der Waals surface area contributed by atoms with Gasteiger partial charge in [0.05, 0.1) is 0 Å². The molecule has 3 fully saturated rings. The van der Waals surface area contributed by atoms with Crippen LogP contribution in [0.3, 0.4) is 0 Å². The highest BCUT2D eigenvalue weighted by Crippen LogP contribution is 2.50. The van der Waals surface area contributed by atoms with Crippen LogP contribution in [-0.2, 0) is 13.1 Å². The Labute approximate surface area is 202 Å². The van der Waals surface area contributed by atoms with Crippen LogP contribution in [0.1, 0.15) is 90.3 Å². The van der Waals surface area contributed by atoms with Crippen LogP contribution in [0, 0.1) is 11.8 Å². The molecule has 3 aliphatic rings. The molecule has 8 nitrogen and oxygen atoms in total. The van der Waals surface area contributed by atoms with Crippen molar-refractivity contribution in [3.05, 3.63) is 26.7 Å². The van der Waals surface area contributed by atoms with Gasteiger partial charge >= 0.3 is 5.69 Å². The summed E-state index contributed by atoms with van der Waals surface area (Å²) >= 11 is 0. The topological polar surface area (TPSA) is 79.2 Å². The van der Waals surface area contributed by atoms with Crippen LogP contribution < -0.4 is 11.2 Å². The number of imidazole rings is 1. The first-order valence-corrected chi connectivity index (χ1v) is 13.8. The minimum absolute atomic E-state index is 0.216. The molecule has 1 N–H and O–H groups in total. The second-order valence-corrected chi connectivity index (χ2v) is 10.7. The second-order valence-electron chi connectivity index (χ2n) is 10.7. The van der Waals surface area contributed by atoms with E-state index in [0.29, 0.717) is 48.0 Å². The fourth-order valence-corrected chi connectivity index (χ4v) is 7.16. The molecule has 0 aromatic carbocycles. The van der Waals surface area contributed by atoms with E-state index >= 15 is 0 Å². The number of aromatic amines is 1. The van der Waals surface area contributed by atoms with Crippen molar-refractivity contribution in [3.8, 4) is 0 Å². The summed E-state index contributed by atoms with van der Waals surface area (Å²) in [7, 11) is 0. The van der Waals surface area contributed by atoms with Crippen LogP contribution in [0.2, 0.25) is 0 Å². The number of nitrogens with zero attached hydrogens (tertiary/aromatic N) is 5. The number of rotatable bonds is 8. The molecule has 2 bridgehead atoms. The van der Waals surface area contributed by atoms with Crippen molar-refractivity contribution < 1.29 is 0 Å². The second kappa shape index (κ2) is 9.97. The van der Waals surface area contributed by atoms with Crippen LogP contribution in [-0.4, -0.2) is 54.8 Å². The number of aromatic nitrogens is 4. The minimum Gasteiger partial charge on any atom is -0.336 e. The third-order valence-corrected chi connectivity index (χ3v) is 8.57. The monoisotopic (exact) mass is 470 g/mol. The first-order valence-electron chi connectivity index (χ1n) is 13.8. The van der Waals surface area contributed by atoms with Crippen LogP contribution in [0.4, 0.5) is 0 Å². The number of fused-ring (bicyclic) bond motifs is 3. The van der Waals surface area contributed by atoms with Crippen LogP contribution >= 0.6 is 0 Å². The zero-order valence-corrected chi connectivity index (χ0v) is 21.3. The van der Waals surface area contributed by atoms with E-state index in [-0.39, 0.29) is 11.2 Å². The smallest absolute Gasteiger partial charge is 0.332 e.